The summed E-state index contributed by atoms with van der Waals surface area (Å²) in [6.45, 7) is 12.0. The predicted molar refractivity (Wildman–Crippen MR) is 85.1 cm³/mol. The van der Waals surface area contributed by atoms with Gasteiger partial charge in [-0.2, -0.15) is 0 Å². The van der Waals surface area contributed by atoms with Crippen LogP contribution in [-0.4, -0.2) is 49.3 Å². The van der Waals surface area contributed by atoms with E-state index in [0.717, 1.165) is 19.1 Å². The molecule has 0 aromatic carbocycles. The lowest BCUT2D eigenvalue weighted by Gasteiger charge is -2.36. The molecule has 0 aromatic heterocycles. The molecule has 0 aromatic rings. The molecule has 1 unspecified atom stereocenters. The minimum Gasteiger partial charge on any atom is -0.375 e. The molecule has 2 rings (SSSR count). The molecule has 118 valence electrons. The first-order chi connectivity index (χ1) is 9.61. The molecule has 20 heavy (non-hydrogen) atoms. The van der Waals surface area contributed by atoms with Crippen LogP contribution in [0.2, 0.25) is 0 Å². The summed E-state index contributed by atoms with van der Waals surface area (Å²) in [4.78, 5) is 2.63. The van der Waals surface area contributed by atoms with Gasteiger partial charge < -0.3 is 10.1 Å². The van der Waals surface area contributed by atoms with Crippen molar-refractivity contribution in [1.29, 1.82) is 0 Å². The molecule has 0 radical (unpaired) electrons. The van der Waals surface area contributed by atoms with Crippen molar-refractivity contribution in [3.8, 4) is 0 Å². The first kappa shape index (κ1) is 16.3. The Bertz CT molecular complexity index is 274. The fourth-order valence-corrected chi connectivity index (χ4v) is 3.99. The van der Waals surface area contributed by atoms with E-state index >= 15 is 0 Å². The van der Waals surface area contributed by atoms with Gasteiger partial charge in [-0.1, -0.05) is 19.3 Å². The van der Waals surface area contributed by atoms with Crippen molar-refractivity contribution in [3.05, 3.63) is 0 Å². The fraction of sp³-hybridized carbons (Fsp3) is 1.00. The zero-order valence-electron chi connectivity index (χ0n) is 13.8. The van der Waals surface area contributed by atoms with Crippen molar-refractivity contribution in [2.75, 3.05) is 32.8 Å². The van der Waals surface area contributed by atoms with E-state index in [2.05, 4.69) is 31.0 Å². The van der Waals surface area contributed by atoms with Gasteiger partial charge in [0.2, 0.25) is 0 Å². The third-order valence-electron chi connectivity index (χ3n) is 4.87. The average Bonchev–Trinajstić information content (AvgIpc) is 2.64. The molecule has 1 N–H and O–H groups in total. The van der Waals surface area contributed by atoms with E-state index in [1.165, 1.54) is 58.2 Å². The number of rotatable bonds is 5. The van der Waals surface area contributed by atoms with E-state index in [4.69, 9.17) is 4.74 Å². The SMILES string of the molecule is CCOC(C)(C)CN1CCCNC(C2CCCCC2)C1. The van der Waals surface area contributed by atoms with Crippen LogP contribution in [0, 0.1) is 5.92 Å². The van der Waals surface area contributed by atoms with Gasteiger partial charge in [0, 0.05) is 25.7 Å². The van der Waals surface area contributed by atoms with E-state index in [1.807, 2.05) is 0 Å². The second-order valence-corrected chi connectivity index (χ2v) is 7.24. The van der Waals surface area contributed by atoms with Crippen LogP contribution in [0.25, 0.3) is 0 Å². The standard InChI is InChI=1S/C17H34N2O/c1-4-20-17(2,3)14-19-12-8-11-18-16(13-19)15-9-6-5-7-10-15/h15-16,18H,4-14H2,1-3H3. The maximum atomic E-state index is 5.89. The molecule has 0 spiro atoms. The minimum absolute atomic E-state index is 0.0177. The second kappa shape index (κ2) is 7.77. The van der Waals surface area contributed by atoms with Gasteiger partial charge in [-0.25, -0.2) is 0 Å². The highest BCUT2D eigenvalue weighted by Gasteiger charge is 2.29. The highest BCUT2D eigenvalue weighted by atomic mass is 16.5. The molecular formula is C17H34N2O. The van der Waals surface area contributed by atoms with Gasteiger partial charge in [-0.3, -0.25) is 4.90 Å². The summed E-state index contributed by atoms with van der Waals surface area (Å²) in [5.74, 6) is 0.902. The van der Waals surface area contributed by atoms with Crippen molar-refractivity contribution in [3.63, 3.8) is 0 Å². The third-order valence-corrected chi connectivity index (χ3v) is 4.87. The Morgan fingerprint density at radius 3 is 2.60 bits per heavy atom. The summed E-state index contributed by atoms with van der Waals surface area (Å²) in [7, 11) is 0. The minimum atomic E-state index is -0.0177. The Morgan fingerprint density at radius 2 is 1.90 bits per heavy atom. The summed E-state index contributed by atoms with van der Waals surface area (Å²) >= 11 is 0. The van der Waals surface area contributed by atoms with Gasteiger partial charge in [0.15, 0.2) is 0 Å². The quantitative estimate of drug-likeness (QED) is 0.839. The van der Waals surface area contributed by atoms with Crippen LogP contribution in [0.5, 0.6) is 0 Å². The maximum Gasteiger partial charge on any atom is 0.0752 e. The smallest absolute Gasteiger partial charge is 0.0752 e. The van der Waals surface area contributed by atoms with Gasteiger partial charge in [0.25, 0.3) is 0 Å². The molecule has 2 aliphatic rings. The number of nitrogens with zero attached hydrogens (tertiary/aromatic N) is 1. The van der Waals surface area contributed by atoms with Crippen molar-refractivity contribution < 1.29 is 4.74 Å². The van der Waals surface area contributed by atoms with Crippen LogP contribution in [0.4, 0.5) is 0 Å². The number of hydrogen-bond acceptors (Lipinski definition) is 3. The molecule has 3 nitrogen and oxygen atoms in total. The fourth-order valence-electron chi connectivity index (χ4n) is 3.99. The summed E-state index contributed by atoms with van der Waals surface area (Å²) in [5.41, 5.74) is -0.0177. The highest BCUT2D eigenvalue weighted by molar-refractivity contribution is 4.86. The van der Waals surface area contributed by atoms with E-state index < -0.39 is 0 Å². The molecule has 1 aliphatic heterocycles. The van der Waals surface area contributed by atoms with Gasteiger partial charge in [0.1, 0.15) is 0 Å². The summed E-state index contributed by atoms with van der Waals surface area (Å²) < 4.78 is 5.89. The lowest BCUT2D eigenvalue weighted by molar-refractivity contribution is -0.0352. The molecule has 3 heteroatoms. The molecule has 1 saturated carbocycles. The van der Waals surface area contributed by atoms with Crippen LogP contribution in [0.3, 0.4) is 0 Å². The summed E-state index contributed by atoms with van der Waals surface area (Å²) in [6, 6.07) is 0.704. The molecular weight excluding hydrogens is 248 g/mol. The van der Waals surface area contributed by atoms with Crippen molar-refractivity contribution in [1.82, 2.24) is 10.2 Å². The van der Waals surface area contributed by atoms with E-state index in [1.54, 1.807) is 0 Å². The highest BCUT2D eigenvalue weighted by Crippen LogP contribution is 2.28. The molecule has 0 amide bonds. The van der Waals surface area contributed by atoms with Gasteiger partial charge in [-0.15, -0.1) is 0 Å². The van der Waals surface area contributed by atoms with E-state index in [9.17, 15) is 0 Å². The zero-order valence-corrected chi connectivity index (χ0v) is 13.8. The normalized spacial score (nSPS) is 27.4. The molecule has 1 atom stereocenters. The monoisotopic (exact) mass is 282 g/mol. The van der Waals surface area contributed by atoms with Gasteiger partial charge in [-0.05, 0) is 59.0 Å². The molecule has 1 heterocycles. The maximum absolute atomic E-state index is 5.89. The van der Waals surface area contributed by atoms with Crippen LogP contribution in [0.1, 0.15) is 59.3 Å². The predicted octanol–water partition coefficient (Wildman–Crippen LogP) is 3.05. The van der Waals surface area contributed by atoms with Gasteiger partial charge >= 0.3 is 0 Å². The van der Waals surface area contributed by atoms with Crippen LogP contribution in [-0.2, 0) is 4.74 Å². The zero-order chi connectivity index (χ0) is 14.4. The number of hydrogen-bond donors (Lipinski definition) is 1. The average molecular weight is 282 g/mol. The topological polar surface area (TPSA) is 24.5 Å². The summed E-state index contributed by atoms with van der Waals surface area (Å²) in [5, 5.41) is 3.82. The molecule has 0 bridgehead atoms. The van der Waals surface area contributed by atoms with E-state index in [-0.39, 0.29) is 5.60 Å². The number of nitrogens with one attached hydrogen (secondary N) is 1. The Kier molecular flexibility index (Phi) is 6.31. The lowest BCUT2D eigenvalue weighted by atomic mass is 9.83. The molecule has 1 aliphatic carbocycles. The molecule has 1 saturated heterocycles. The second-order valence-electron chi connectivity index (χ2n) is 7.24. The number of ether oxygens (including phenoxy) is 1. The van der Waals surface area contributed by atoms with Crippen LogP contribution < -0.4 is 5.32 Å². The first-order valence-electron chi connectivity index (χ1n) is 8.70. The third kappa shape index (κ3) is 5.01. The Hall–Kier alpha value is -0.120. The largest absolute Gasteiger partial charge is 0.375 e. The van der Waals surface area contributed by atoms with Gasteiger partial charge in [0.05, 0.1) is 5.60 Å². The Labute approximate surface area is 125 Å². The van der Waals surface area contributed by atoms with E-state index in [0.29, 0.717) is 6.04 Å². The Balaban J connectivity index is 1.89. The first-order valence-corrected chi connectivity index (χ1v) is 8.70. The van der Waals surface area contributed by atoms with Crippen molar-refractivity contribution >= 4 is 0 Å². The van der Waals surface area contributed by atoms with Crippen LogP contribution >= 0.6 is 0 Å². The van der Waals surface area contributed by atoms with Crippen molar-refractivity contribution in [2.24, 2.45) is 5.92 Å². The van der Waals surface area contributed by atoms with Crippen LogP contribution in [0.15, 0.2) is 0 Å². The lowest BCUT2D eigenvalue weighted by Crippen LogP contribution is -2.47. The van der Waals surface area contributed by atoms with Crippen molar-refractivity contribution in [2.45, 2.75) is 70.9 Å². The summed E-state index contributed by atoms with van der Waals surface area (Å²) in [6.07, 6.45) is 8.46. The molecule has 2 fully saturated rings. The Morgan fingerprint density at radius 1 is 1.15 bits per heavy atom.